The van der Waals surface area contributed by atoms with E-state index in [0.717, 1.165) is 12.5 Å². The highest BCUT2D eigenvalue weighted by atomic mass is 35.5. The molecule has 0 atom stereocenters. The maximum Gasteiger partial charge on any atom is 0.143 e. The van der Waals surface area contributed by atoms with Crippen molar-refractivity contribution >= 4 is 23.2 Å². The minimum atomic E-state index is -0.894. The lowest BCUT2D eigenvalue weighted by Crippen LogP contribution is -2.33. The molecule has 1 N–H and O–H groups in total. The number of halogens is 3. The molecule has 0 unspecified atom stereocenters. The lowest BCUT2D eigenvalue weighted by atomic mass is 9.75. The molecule has 14 heavy (non-hydrogen) atoms. The topological polar surface area (TPSA) is 20.2 Å². The Bertz CT molecular complexity index is 375. The molecule has 0 heterocycles. The molecular formula is C10H9Cl2FO. The Labute approximate surface area is 91.5 Å². The molecule has 0 aromatic heterocycles. The van der Waals surface area contributed by atoms with E-state index in [1.54, 1.807) is 0 Å². The van der Waals surface area contributed by atoms with Crippen LogP contribution in [0.25, 0.3) is 0 Å². The fourth-order valence-electron chi connectivity index (χ4n) is 1.66. The van der Waals surface area contributed by atoms with E-state index in [2.05, 4.69) is 0 Å². The third-order valence-electron chi connectivity index (χ3n) is 2.69. The molecule has 1 aliphatic carbocycles. The molecule has 1 aromatic carbocycles. The summed E-state index contributed by atoms with van der Waals surface area (Å²) in [7, 11) is 0. The van der Waals surface area contributed by atoms with E-state index in [-0.39, 0.29) is 10.0 Å². The molecule has 1 saturated carbocycles. The predicted molar refractivity (Wildman–Crippen MR) is 54.2 cm³/mol. The van der Waals surface area contributed by atoms with Crippen molar-refractivity contribution in [2.24, 2.45) is 0 Å². The summed E-state index contributed by atoms with van der Waals surface area (Å²) in [5, 5.41) is 10.3. The lowest BCUT2D eigenvalue weighted by molar-refractivity contribution is -0.0387. The first-order chi connectivity index (χ1) is 6.53. The molecule has 1 aliphatic rings. The summed E-state index contributed by atoms with van der Waals surface area (Å²) in [4.78, 5) is 0. The van der Waals surface area contributed by atoms with Crippen LogP contribution in [0.3, 0.4) is 0 Å². The fourth-order valence-corrected chi connectivity index (χ4v) is 2.15. The molecule has 0 spiro atoms. The third kappa shape index (κ3) is 1.52. The van der Waals surface area contributed by atoms with Crippen molar-refractivity contribution in [3.63, 3.8) is 0 Å². The number of rotatable bonds is 1. The number of benzene rings is 1. The third-order valence-corrected chi connectivity index (χ3v) is 3.29. The van der Waals surface area contributed by atoms with Gasteiger partial charge in [-0.05, 0) is 31.4 Å². The Morgan fingerprint density at radius 3 is 2.36 bits per heavy atom. The van der Waals surface area contributed by atoms with Crippen LogP contribution >= 0.6 is 23.2 Å². The molecule has 1 aromatic rings. The minimum absolute atomic E-state index is 0.00438. The van der Waals surface area contributed by atoms with Crippen molar-refractivity contribution in [2.45, 2.75) is 24.9 Å². The van der Waals surface area contributed by atoms with Gasteiger partial charge in [0.25, 0.3) is 0 Å². The van der Waals surface area contributed by atoms with Crippen LogP contribution in [0.4, 0.5) is 4.39 Å². The molecule has 4 heteroatoms. The van der Waals surface area contributed by atoms with Crippen molar-refractivity contribution in [1.29, 1.82) is 0 Å². The summed E-state index contributed by atoms with van der Waals surface area (Å²) in [5.41, 5.74) is -0.356. The van der Waals surface area contributed by atoms with Gasteiger partial charge >= 0.3 is 0 Å². The van der Waals surface area contributed by atoms with Crippen LogP contribution in [0.15, 0.2) is 12.1 Å². The lowest BCUT2D eigenvalue weighted by Gasteiger charge is -2.37. The van der Waals surface area contributed by atoms with E-state index in [4.69, 9.17) is 23.2 Å². The van der Waals surface area contributed by atoms with Gasteiger partial charge in [-0.15, -0.1) is 0 Å². The molecule has 2 rings (SSSR count). The first-order valence-electron chi connectivity index (χ1n) is 4.40. The van der Waals surface area contributed by atoms with Crippen LogP contribution in [0.5, 0.6) is 0 Å². The number of aliphatic hydroxyl groups is 1. The zero-order chi connectivity index (χ0) is 10.3. The van der Waals surface area contributed by atoms with Crippen molar-refractivity contribution in [3.8, 4) is 0 Å². The maximum absolute atomic E-state index is 13.0. The predicted octanol–water partition coefficient (Wildman–Crippen LogP) is 3.50. The Morgan fingerprint density at radius 2 is 1.86 bits per heavy atom. The van der Waals surface area contributed by atoms with Crippen LogP contribution in [0, 0.1) is 5.82 Å². The molecule has 0 radical (unpaired) electrons. The fraction of sp³-hybridized carbons (Fsp3) is 0.400. The largest absolute Gasteiger partial charge is 0.385 e. The molecule has 1 fully saturated rings. The summed E-state index contributed by atoms with van der Waals surface area (Å²) in [6.07, 6.45) is 2.28. The average molecular weight is 235 g/mol. The number of hydrogen-bond acceptors (Lipinski definition) is 1. The van der Waals surface area contributed by atoms with Crippen molar-refractivity contribution < 1.29 is 9.50 Å². The zero-order valence-electron chi connectivity index (χ0n) is 7.36. The monoisotopic (exact) mass is 234 g/mol. The standard InChI is InChI=1S/C10H9Cl2FO/c11-7-5-9(13)8(12)4-6(7)10(14)2-1-3-10/h4-5,14H,1-3H2. The highest BCUT2D eigenvalue weighted by Gasteiger charge is 2.38. The SMILES string of the molecule is OC1(c2cc(Cl)c(F)cc2Cl)CCC1. The van der Waals surface area contributed by atoms with Gasteiger partial charge in [-0.1, -0.05) is 23.2 Å². The van der Waals surface area contributed by atoms with Crippen LogP contribution in [0.1, 0.15) is 24.8 Å². The highest BCUT2D eigenvalue weighted by molar-refractivity contribution is 6.33. The van der Waals surface area contributed by atoms with E-state index in [1.165, 1.54) is 6.07 Å². The van der Waals surface area contributed by atoms with E-state index in [1.807, 2.05) is 0 Å². The summed E-state index contributed by atoms with van der Waals surface area (Å²) in [5.74, 6) is -0.552. The van der Waals surface area contributed by atoms with Gasteiger partial charge < -0.3 is 5.11 Å². The van der Waals surface area contributed by atoms with Gasteiger partial charge in [0.1, 0.15) is 5.82 Å². The van der Waals surface area contributed by atoms with Crippen LogP contribution in [-0.4, -0.2) is 5.11 Å². The molecular weight excluding hydrogens is 226 g/mol. The van der Waals surface area contributed by atoms with Gasteiger partial charge in [-0.2, -0.15) is 0 Å². The second-order valence-electron chi connectivity index (χ2n) is 3.63. The van der Waals surface area contributed by atoms with Gasteiger partial charge in [0.15, 0.2) is 0 Å². The Hall–Kier alpha value is -0.310. The summed E-state index contributed by atoms with van der Waals surface area (Å²) >= 11 is 11.5. The molecule has 0 aliphatic heterocycles. The Kier molecular flexibility index (Phi) is 2.46. The maximum atomic E-state index is 13.0. The zero-order valence-corrected chi connectivity index (χ0v) is 8.87. The molecule has 0 bridgehead atoms. The van der Waals surface area contributed by atoms with Gasteiger partial charge in [0.05, 0.1) is 10.6 Å². The summed E-state index contributed by atoms with van der Waals surface area (Å²) < 4.78 is 13.0. The summed E-state index contributed by atoms with van der Waals surface area (Å²) in [6, 6.07) is 2.56. The van der Waals surface area contributed by atoms with Gasteiger partial charge in [0, 0.05) is 10.6 Å². The van der Waals surface area contributed by atoms with E-state index in [9.17, 15) is 9.50 Å². The smallest absolute Gasteiger partial charge is 0.143 e. The molecule has 76 valence electrons. The van der Waals surface area contributed by atoms with Gasteiger partial charge in [-0.3, -0.25) is 0 Å². The van der Waals surface area contributed by atoms with E-state index < -0.39 is 11.4 Å². The van der Waals surface area contributed by atoms with Crippen molar-refractivity contribution in [2.75, 3.05) is 0 Å². The molecule has 1 nitrogen and oxygen atoms in total. The minimum Gasteiger partial charge on any atom is -0.385 e. The number of hydrogen-bond donors (Lipinski definition) is 1. The second-order valence-corrected chi connectivity index (χ2v) is 4.45. The van der Waals surface area contributed by atoms with Crippen molar-refractivity contribution in [3.05, 3.63) is 33.6 Å². The van der Waals surface area contributed by atoms with Crippen LogP contribution in [0.2, 0.25) is 10.0 Å². The van der Waals surface area contributed by atoms with Gasteiger partial charge in [-0.25, -0.2) is 4.39 Å². The molecule has 0 saturated heterocycles. The van der Waals surface area contributed by atoms with Crippen LogP contribution < -0.4 is 0 Å². The first kappa shape index (κ1) is 10.2. The first-order valence-corrected chi connectivity index (χ1v) is 5.16. The Morgan fingerprint density at radius 1 is 1.21 bits per heavy atom. The van der Waals surface area contributed by atoms with E-state index in [0.29, 0.717) is 18.4 Å². The molecule has 0 amide bonds. The highest BCUT2D eigenvalue weighted by Crippen LogP contribution is 2.44. The van der Waals surface area contributed by atoms with Gasteiger partial charge in [0.2, 0.25) is 0 Å². The summed E-state index contributed by atoms with van der Waals surface area (Å²) in [6.45, 7) is 0. The quantitative estimate of drug-likeness (QED) is 0.738. The second kappa shape index (κ2) is 3.37. The van der Waals surface area contributed by atoms with Crippen molar-refractivity contribution in [1.82, 2.24) is 0 Å². The normalized spacial score (nSPS) is 19.1. The Balaban J connectivity index is 2.48. The van der Waals surface area contributed by atoms with Crippen LogP contribution in [-0.2, 0) is 5.60 Å². The average Bonchev–Trinajstić information content (AvgIpc) is 2.07. The van der Waals surface area contributed by atoms with E-state index >= 15 is 0 Å².